The van der Waals surface area contributed by atoms with E-state index in [4.69, 9.17) is 0 Å². The Hall–Kier alpha value is -1.43. The van der Waals surface area contributed by atoms with Gasteiger partial charge in [0.25, 0.3) is 0 Å². The summed E-state index contributed by atoms with van der Waals surface area (Å²) in [5, 5.41) is 5.33. The molecule has 0 aromatic carbocycles. The molecule has 1 saturated heterocycles. The third-order valence-corrected chi connectivity index (χ3v) is 3.03. The average molecular weight is 298 g/mol. The van der Waals surface area contributed by atoms with E-state index in [2.05, 4.69) is 31.5 Å². The van der Waals surface area contributed by atoms with Gasteiger partial charge in [-0.15, -0.1) is 0 Å². The lowest BCUT2D eigenvalue weighted by molar-refractivity contribution is -0.122. The molecule has 1 fully saturated rings. The predicted molar refractivity (Wildman–Crippen MR) is 66.5 cm³/mol. The molecule has 5 nitrogen and oxygen atoms in total. The second-order valence-electron chi connectivity index (χ2n) is 3.97. The number of carbonyl (C=O) groups excluding carboxylic acids is 2. The molecule has 2 rings (SSSR count). The molecule has 1 aliphatic heterocycles. The fraction of sp³-hybridized carbons (Fsp3) is 0.364. The molecule has 0 bridgehead atoms. The molecule has 0 unspecified atom stereocenters. The molecular weight excluding hydrogens is 286 g/mol. The molecule has 2 amide bonds. The van der Waals surface area contributed by atoms with E-state index in [1.807, 2.05) is 13.0 Å². The summed E-state index contributed by atoms with van der Waals surface area (Å²) in [5.74, 6) is 0.235. The monoisotopic (exact) mass is 297 g/mol. The van der Waals surface area contributed by atoms with Gasteiger partial charge < -0.3 is 10.6 Å². The molecular formula is C11H12BrN3O2. The first-order valence-electron chi connectivity index (χ1n) is 5.28. The fourth-order valence-corrected chi connectivity index (χ4v) is 2.13. The highest BCUT2D eigenvalue weighted by molar-refractivity contribution is 9.10. The molecule has 0 spiro atoms. The quantitative estimate of drug-likeness (QED) is 0.866. The lowest BCUT2D eigenvalue weighted by Gasteiger charge is -2.11. The minimum Gasteiger partial charge on any atom is -0.344 e. The van der Waals surface area contributed by atoms with Gasteiger partial charge in [0.15, 0.2) is 0 Å². The largest absolute Gasteiger partial charge is 0.344 e. The highest BCUT2D eigenvalue weighted by atomic mass is 79.9. The van der Waals surface area contributed by atoms with Crippen LogP contribution < -0.4 is 10.6 Å². The summed E-state index contributed by atoms with van der Waals surface area (Å²) in [6.07, 6.45) is 2.57. The minimum absolute atomic E-state index is 0.0781. The first-order valence-corrected chi connectivity index (χ1v) is 6.08. The van der Waals surface area contributed by atoms with E-state index in [0.29, 0.717) is 18.7 Å². The van der Waals surface area contributed by atoms with Crippen LogP contribution in [0.3, 0.4) is 0 Å². The number of nitrogens with one attached hydrogen (secondary N) is 2. The van der Waals surface area contributed by atoms with Crippen LogP contribution in [0, 0.1) is 6.92 Å². The van der Waals surface area contributed by atoms with Crippen LogP contribution in [-0.4, -0.2) is 22.8 Å². The molecule has 1 aliphatic rings. The van der Waals surface area contributed by atoms with Crippen molar-refractivity contribution in [2.24, 2.45) is 0 Å². The van der Waals surface area contributed by atoms with Gasteiger partial charge in [-0.2, -0.15) is 0 Å². The Balaban J connectivity index is 2.05. The lowest BCUT2D eigenvalue weighted by atomic mass is 10.2. The second kappa shape index (κ2) is 4.83. The second-order valence-corrected chi connectivity index (χ2v) is 4.88. The number of aromatic nitrogens is 1. The minimum atomic E-state index is -0.438. The van der Waals surface area contributed by atoms with Crippen LogP contribution in [0.5, 0.6) is 0 Å². The average Bonchev–Trinajstić information content (AvgIpc) is 2.69. The smallest absolute Gasteiger partial charge is 0.248 e. The van der Waals surface area contributed by atoms with Gasteiger partial charge in [-0.05, 0) is 40.9 Å². The van der Waals surface area contributed by atoms with Crippen molar-refractivity contribution in [2.75, 3.05) is 5.32 Å². The van der Waals surface area contributed by atoms with E-state index >= 15 is 0 Å². The number of pyridine rings is 1. The van der Waals surface area contributed by atoms with E-state index < -0.39 is 6.04 Å². The highest BCUT2D eigenvalue weighted by Crippen LogP contribution is 2.17. The van der Waals surface area contributed by atoms with E-state index in [1.54, 1.807) is 6.20 Å². The Kier molecular flexibility index (Phi) is 3.42. The number of rotatable bonds is 2. The molecule has 17 heavy (non-hydrogen) atoms. The normalized spacial score (nSPS) is 18.9. The summed E-state index contributed by atoms with van der Waals surface area (Å²) in [6, 6.07) is 1.43. The fourth-order valence-electron chi connectivity index (χ4n) is 1.69. The molecule has 2 N–H and O–H groups in total. The summed E-state index contributed by atoms with van der Waals surface area (Å²) in [6.45, 7) is 1.86. The van der Waals surface area contributed by atoms with Crippen molar-refractivity contribution in [1.29, 1.82) is 0 Å². The number of nitrogens with zero attached hydrogens (tertiary/aromatic N) is 1. The summed E-state index contributed by atoms with van der Waals surface area (Å²) < 4.78 is 0.863. The molecule has 1 aromatic heterocycles. The molecule has 0 aliphatic carbocycles. The number of hydrogen-bond acceptors (Lipinski definition) is 3. The van der Waals surface area contributed by atoms with Crippen LogP contribution in [0.15, 0.2) is 16.7 Å². The summed E-state index contributed by atoms with van der Waals surface area (Å²) in [4.78, 5) is 26.9. The van der Waals surface area contributed by atoms with Gasteiger partial charge in [-0.3, -0.25) is 9.59 Å². The Labute approximate surface area is 107 Å². The molecule has 0 saturated carbocycles. The van der Waals surface area contributed by atoms with Gasteiger partial charge in [-0.1, -0.05) is 0 Å². The zero-order chi connectivity index (χ0) is 12.4. The highest BCUT2D eigenvalue weighted by Gasteiger charge is 2.27. The van der Waals surface area contributed by atoms with Gasteiger partial charge in [0.1, 0.15) is 11.9 Å². The SMILES string of the molecule is Cc1cc(Br)cnc1NC(=O)[C@@H]1CCC(=O)N1. The van der Waals surface area contributed by atoms with Gasteiger partial charge in [0.2, 0.25) is 11.8 Å². The van der Waals surface area contributed by atoms with Crippen molar-refractivity contribution in [3.63, 3.8) is 0 Å². The Bertz CT molecular complexity index is 476. The third-order valence-electron chi connectivity index (χ3n) is 2.60. The molecule has 90 valence electrons. The maximum atomic E-state index is 11.8. The van der Waals surface area contributed by atoms with Gasteiger partial charge >= 0.3 is 0 Å². The van der Waals surface area contributed by atoms with Crippen molar-refractivity contribution < 1.29 is 9.59 Å². The van der Waals surface area contributed by atoms with Crippen molar-refractivity contribution in [3.05, 3.63) is 22.3 Å². The zero-order valence-electron chi connectivity index (χ0n) is 9.29. The number of aryl methyl sites for hydroxylation is 1. The molecule has 0 radical (unpaired) electrons. The molecule has 1 atom stereocenters. The summed E-state index contributed by atoms with van der Waals surface area (Å²) in [5.41, 5.74) is 0.872. The number of halogens is 1. The van der Waals surface area contributed by atoms with Crippen LogP contribution in [0.1, 0.15) is 18.4 Å². The first-order chi connectivity index (χ1) is 8.06. The van der Waals surface area contributed by atoms with E-state index in [9.17, 15) is 9.59 Å². The maximum absolute atomic E-state index is 11.8. The van der Waals surface area contributed by atoms with E-state index in [1.165, 1.54) is 0 Å². The number of hydrogen-bond donors (Lipinski definition) is 2. The third kappa shape index (κ3) is 2.82. The van der Waals surface area contributed by atoms with E-state index in [0.717, 1.165) is 10.0 Å². The number of anilines is 1. The summed E-state index contributed by atoms with van der Waals surface area (Å²) in [7, 11) is 0. The van der Waals surface area contributed by atoms with Crippen LogP contribution >= 0.6 is 15.9 Å². The van der Waals surface area contributed by atoms with Crippen LogP contribution in [0.25, 0.3) is 0 Å². The maximum Gasteiger partial charge on any atom is 0.248 e. The zero-order valence-corrected chi connectivity index (χ0v) is 10.9. The van der Waals surface area contributed by atoms with Crippen LogP contribution in [0.2, 0.25) is 0 Å². The molecule has 1 aromatic rings. The van der Waals surface area contributed by atoms with Gasteiger partial charge in [-0.25, -0.2) is 4.98 Å². The Morgan fingerprint density at radius 3 is 3.00 bits per heavy atom. The topological polar surface area (TPSA) is 71.1 Å². The van der Waals surface area contributed by atoms with Gasteiger partial charge in [0, 0.05) is 17.1 Å². The molecule has 2 heterocycles. The van der Waals surface area contributed by atoms with Crippen molar-refractivity contribution >= 4 is 33.6 Å². The van der Waals surface area contributed by atoms with Gasteiger partial charge in [0.05, 0.1) is 0 Å². The molecule has 6 heteroatoms. The predicted octanol–water partition coefficient (Wildman–Crippen LogP) is 1.37. The number of amides is 2. The standard InChI is InChI=1S/C11H12BrN3O2/c1-6-4-7(12)5-13-10(6)15-11(17)8-2-3-9(16)14-8/h4-5,8H,2-3H2,1H3,(H,14,16)(H,13,15,17)/t8-/m0/s1. The van der Waals surface area contributed by atoms with Crippen LogP contribution in [0.4, 0.5) is 5.82 Å². The summed E-state index contributed by atoms with van der Waals surface area (Å²) >= 11 is 3.30. The Morgan fingerprint density at radius 1 is 1.65 bits per heavy atom. The van der Waals surface area contributed by atoms with Crippen molar-refractivity contribution in [2.45, 2.75) is 25.8 Å². The van der Waals surface area contributed by atoms with Crippen molar-refractivity contribution in [1.82, 2.24) is 10.3 Å². The van der Waals surface area contributed by atoms with E-state index in [-0.39, 0.29) is 11.8 Å². The van der Waals surface area contributed by atoms with Crippen molar-refractivity contribution in [3.8, 4) is 0 Å². The van der Waals surface area contributed by atoms with Crippen LogP contribution in [-0.2, 0) is 9.59 Å². The first kappa shape index (κ1) is 12.0. The number of carbonyl (C=O) groups is 2. The Morgan fingerprint density at radius 2 is 2.41 bits per heavy atom. The lowest BCUT2D eigenvalue weighted by Crippen LogP contribution is -2.37.